The summed E-state index contributed by atoms with van der Waals surface area (Å²) in [4.78, 5) is 0. The van der Waals surface area contributed by atoms with Gasteiger partial charge in [-0.1, -0.05) is 0 Å². The summed E-state index contributed by atoms with van der Waals surface area (Å²) in [7, 11) is 0. The van der Waals surface area contributed by atoms with Gasteiger partial charge in [-0.3, -0.25) is 0 Å². The number of nitrogens with zero attached hydrogens (tertiary/aromatic N) is 2. The van der Waals surface area contributed by atoms with Crippen molar-refractivity contribution in [1.29, 1.82) is 10.5 Å². The number of hydrogen-bond acceptors (Lipinski definition) is 2. The molecule has 0 radical (unpaired) electrons. The second-order valence-corrected chi connectivity index (χ2v) is 6.85. The fourth-order valence-electron chi connectivity index (χ4n) is 4.96. The zero-order chi connectivity index (χ0) is 12.0. The molecule has 4 saturated carbocycles. The molecule has 0 aromatic carbocycles. The van der Waals surface area contributed by atoms with Gasteiger partial charge in [-0.05, 0) is 75.0 Å². The van der Waals surface area contributed by atoms with Crippen molar-refractivity contribution in [2.24, 2.45) is 35.0 Å². The van der Waals surface area contributed by atoms with Gasteiger partial charge >= 0.3 is 0 Å². The minimum Gasteiger partial charge on any atom is -0.197 e. The van der Waals surface area contributed by atoms with Crippen LogP contribution in [0.2, 0.25) is 0 Å². The normalized spacial score (nSPS) is 43.1. The molecule has 4 aliphatic rings. The summed E-state index contributed by atoms with van der Waals surface area (Å²) < 4.78 is 0. The van der Waals surface area contributed by atoms with Crippen LogP contribution >= 0.6 is 0 Å². The lowest BCUT2D eigenvalue weighted by Crippen LogP contribution is -2.46. The minimum atomic E-state index is -0.750. The maximum Gasteiger partial charge on any atom is 0.141 e. The van der Waals surface area contributed by atoms with Gasteiger partial charge in [0, 0.05) is 0 Å². The van der Waals surface area contributed by atoms with E-state index < -0.39 is 5.41 Å². The first kappa shape index (κ1) is 11.1. The third kappa shape index (κ3) is 1.75. The molecule has 0 N–H and O–H groups in total. The Labute approximate surface area is 104 Å². The summed E-state index contributed by atoms with van der Waals surface area (Å²) in [5.74, 6) is 4.26. The van der Waals surface area contributed by atoms with Crippen LogP contribution in [-0.4, -0.2) is 0 Å². The Morgan fingerprint density at radius 2 is 1.41 bits per heavy atom. The molecule has 0 aromatic heterocycles. The van der Waals surface area contributed by atoms with Crippen LogP contribution in [0.4, 0.5) is 0 Å². The molecule has 4 rings (SSSR count). The van der Waals surface area contributed by atoms with E-state index in [1.165, 1.54) is 32.1 Å². The first-order valence-electron chi connectivity index (χ1n) is 6.96. The van der Waals surface area contributed by atoms with Crippen LogP contribution in [0.25, 0.3) is 0 Å². The van der Waals surface area contributed by atoms with Crippen molar-refractivity contribution in [3.8, 4) is 12.1 Å². The Balaban J connectivity index is 1.77. The van der Waals surface area contributed by atoms with Crippen LogP contribution in [0.15, 0.2) is 0 Å². The Kier molecular flexibility index (Phi) is 2.44. The molecule has 2 heteroatoms. The summed E-state index contributed by atoms with van der Waals surface area (Å²) in [6, 6.07) is 4.45. The first-order chi connectivity index (χ1) is 8.13. The van der Waals surface area contributed by atoms with E-state index >= 15 is 0 Å². The van der Waals surface area contributed by atoms with E-state index in [-0.39, 0.29) is 0 Å². The highest BCUT2D eigenvalue weighted by molar-refractivity contribution is 5.13. The Morgan fingerprint density at radius 1 is 0.941 bits per heavy atom. The molecule has 0 amide bonds. The molecule has 0 aromatic rings. The highest BCUT2D eigenvalue weighted by Gasteiger charge is 2.49. The predicted octanol–water partition coefficient (Wildman–Crippen LogP) is 3.50. The van der Waals surface area contributed by atoms with E-state index in [2.05, 4.69) is 12.1 Å². The van der Waals surface area contributed by atoms with Gasteiger partial charge in [0.25, 0.3) is 0 Å². The molecule has 4 aliphatic carbocycles. The van der Waals surface area contributed by atoms with Crippen molar-refractivity contribution in [2.75, 3.05) is 0 Å². The summed E-state index contributed by atoms with van der Waals surface area (Å²) in [6.45, 7) is 1.82. The summed E-state index contributed by atoms with van der Waals surface area (Å²) in [6.07, 6.45) is 7.80. The van der Waals surface area contributed by atoms with Gasteiger partial charge in [0.15, 0.2) is 0 Å². The highest BCUT2D eigenvalue weighted by Crippen LogP contribution is 2.58. The zero-order valence-electron chi connectivity index (χ0n) is 10.5. The van der Waals surface area contributed by atoms with Gasteiger partial charge in [0.1, 0.15) is 5.41 Å². The second-order valence-electron chi connectivity index (χ2n) is 6.85. The van der Waals surface area contributed by atoms with E-state index in [0.717, 1.165) is 30.1 Å². The molecule has 0 heterocycles. The van der Waals surface area contributed by atoms with Crippen molar-refractivity contribution in [3.63, 3.8) is 0 Å². The Morgan fingerprint density at radius 3 is 1.82 bits per heavy atom. The van der Waals surface area contributed by atoms with Crippen molar-refractivity contribution < 1.29 is 0 Å². The number of hydrogen-bond donors (Lipinski definition) is 0. The third-order valence-electron chi connectivity index (χ3n) is 5.56. The van der Waals surface area contributed by atoms with E-state index in [1.807, 2.05) is 6.92 Å². The average molecular weight is 228 g/mol. The molecular formula is C15H20N2. The van der Waals surface area contributed by atoms with Crippen molar-refractivity contribution >= 4 is 0 Å². The maximum atomic E-state index is 9.17. The van der Waals surface area contributed by atoms with Gasteiger partial charge in [0.05, 0.1) is 12.1 Å². The number of rotatable bonds is 2. The van der Waals surface area contributed by atoms with Crippen LogP contribution in [0.5, 0.6) is 0 Å². The second kappa shape index (κ2) is 3.74. The van der Waals surface area contributed by atoms with Gasteiger partial charge in [-0.25, -0.2) is 0 Å². The highest BCUT2D eigenvalue weighted by atomic mass is 14.5. The fourth-order valence-corrected chi connectivity index (χ4v) is 4.96. The number of nitriles is 2. The average Bonchev–Trinajstić information content (AvgIpc) is 2.33. The van der Waals surface area contributed by atoms with E-state index in [9.17, 15) is 0 Å². The van der Waals surface area contributed by atoms with E-state index in [0.29, 0.717) is 5.92 Å². The molecule has 0 unspecified atom stereocenters. The van der Waals surface area contributed by atoms with Crippen LogP contribution in [0, 0.1) is 57.7 Å². The lowest BCUT2D eigenvalue weighted by Gasteiger charge is -2.55. The zero-order valence-corrected chi connectivity index (χ0v) is 10.5. The van der Waals surface area contributed by atoms with E-state index in [4.69, 9.17) is 10.5 Å². The molecule has 4 bridgehead atoms. The standard InChI is InChI=1S/C15H20N2/c1-15(8-16,9-17)7-14-12-3-10-2-11(5-12)6-13(14)4-10/h10-14H,2-7H2,1H3. The molecule has 0 spiro atoms. The van der Waals surface area contributed by atoms with Crippen molar-refractivity contribution in [2.45, 2.75) is 45.4 Å². The van der Waals surface area contributed by atoms with Gasteiger partial charge in [-0.15, -0.1) is 0 Å². The summed E-state index contributed by atoms with van der Waals surface area (Å²) >= 11 is 0. The summed E-state index contributed by atoms with van der Waals surface area (Å²) in [5, 5.41) is 18.3. The lowest BCUT2D eigenvalue weighted by molar-refractivity contribution is -0.0460. The minimum absolute atomic E-state index is 0.659. The molecular weight excluding hydrogens is 208 g/mol. The fraction of sp³-hybridized carbons (Fsp3) is 0.867. The topological polar surface area (TPSA) is 47.6 Å². The van der Waals surface area contributed by atoms with Crippen LogP contribution in [-0.2, 0) is 0 Å². The molecule has 90 valence electrons. The third-order valence-corrected chi connectivity index (χ3v) is 5.56. The molecule has 2 nitrogen and oxygen atoms in total. The largest absolute Gasteiger partial charge is 0.197 e. The SMILES string of the molecule is CC(C#N)(C#N)CC1C2CC3CC(C2)CC1C3. The van der Waals surface area contributed by atoms with Crippen LogP contribution in [0.3, 0.4) is 0 Å². The lowest BCUT2D eigenvalue weighted by atomic mass is 9.50. The van der Waals surface area contributed by atoms with Gasteiger partial charge in [0.2, 0.25) is 0 Å². The molecule has 17 heavy (non-hydrogen) atoms. The quantitative estimate of drug-likeness (QED) is 0.726. The summed E-state index contributed by atoms with van der Waals surface area (Å²) in [5.41, 5.74) is -0.750. The monoisotopic (exact) mass is 228 g/mol. The molecule has 0 aliphatic heterocycles. The predicted molar refractivity (Wildman–Crippen MR) is 64.5 cm³/mol. The first-order valence-corrected chi connectivity index (χ1v) is 6.96. The van der Waals surface area contributed by atoms with Gasteiger partial charge in [-0.2, -0.15) is 10.5 Å². The molecule has 4 fully saturated rings. The van der Waals surface area contributed by atoms with Crippen molar-refractivity contribution in [3.05, 3.63) is 0 Å². The van der Waals surface area contributed by atoms with E-state index in [1.54, 1.807) is 0 Å². The Bertz CT molecular complexity index is 356. The van der Waals surface area contributed by atoms with Crippen LogP contribution < -0.4 is 0 Å². The molecule has 0 saturated heterocycles. The van der Waals surface area contributed by atoms with Crippen LogP contribution in [0.1, 0.15) is 45.4 Å². The van der Waals surface area contributed by atoms with Gasteiger partial charge < -0.3 is 0 Å². The smallest absolute Gasteiger partial charge is 0.141 e. The molecule has 0 atom stereocenters. The van der Waals surface area contributed by atoms with Crippen molar-refractivity contribution in [1.82, 2.24) is 0 Å². The Hall–Kier alpha value is -1.02. The maximum absolute atomic E-state index is 9.17.